The highest BCUT2D eigenvalue weighted by Crippen LogP contribution is 2.23. The van der Waals surface area contributed by atoms with Crippen LogP contribution in [0.25, 0.3) is 0 Å². The van der Waals surface area contributed by atoms with Crippen LogP contribution in [-0.4, -0.2) is 25.0 Å². The Kier molecular flexibility index (Phi) is 6.57. The van der Waals surface area contributed by atoms with Crippen molar-refractivity contribution in [3.63, 3.8) is 0 Å². The maximum Gasteiger partial charge on any atom is 0.505 e. The second-order valence-electron chi connectivity index (χ2n) is 4.35. The largest absolute Gasteiger partial charge is 0.505 e. The number of nitrogen functional groups attached to an aromatic ring is 1. The minimum atomic E-state index is -1.20. The number of aryl methyl sites for hydroxylation is 1. The molecule has 5 nitrogen and oxygen atoms in total. The number of hydrogen-bond acceptors (Lipinski definition) is 4. The van der Waals surface area contributed by atoms with Crippen LogP contribution in [0.3, 0.4) is 0 Å². The second kappa shape index (κ2) is 8.24. The standard InChI is InChI=1S/C14H21NO4/c1-18-13-10-12(15)8-7-11(13)6-4-2-3-5-9-19-14(16)17/h7-8,10H,2-6,9,15H2,1H3,(H,16,17). The van der Waals surface area contributed by atoms with E-state index in [-0.39, 0.29) is 6.61 Å². The number of unbranched alkanes of at least 4 members (excludes halogenated alkanes) is 3. The molecule has 0 saturated heterocycles. The SMILES string of the molecule is COc1cc(N)ccc1CCCCCCOC(=O)O. The van der Waals surface area contributed by atoms with Crippen molar-refractivity contribution in [2.45, 2.75) is 32.1 Å². The van der Waals surface area contributed by atoms with E-state index in [9.17, 15) is 4.79 Å². The molecule has 0 aliphatic carbocycles. The summed E-state index contributed by atoms with van der Waals surface area (Å²) in [5, 5.41) is 8.30. The fraction of sp³-hybridized carbons (Fsp3) is 0.500. The first-order chi connectivity index (χ1) is 9.13. The number of methoxy groups -OCH3 is 1. The van der Waals surface area contributed by atoms with Crippen LogP contribution in [0.4, 0.5) is 10.5 Å². The number of rotatable bonds is 8. The van der Waals surface area contributed by atoms with E-state index in [4.69, 9.17) is 15.6 Å². The molecule has 0 aliphatic heterocycles. The van der Waals surface area contributed by atoms with Gasteiger partial charge in [0.15, 0.2) is 0 Å². The van der Waals surface area contributed by atoms with Crippen molar-refractivity contribution in [2.75, 3.05) is 19.5 Å². The average molecular weight is 267 g/mol. The van der Waals surface area contributed by atoms with Gasteiger partial charge in [0.1, 0.15) is 5.75 Å². The molecule has 0 atom stereocenters. The van der Waals surface area contributed by atoms with E-state index >= 15 is 0 Å². The highest BCUT2D eigenvalue weighted by atomic mass is 16.7. The number of nitrogens with two attached hydrogens (primary N) is 1. The van der Waals surface area contributed by atoms with E-state index in [0.717, 1.165) is 43.4 Å². The Morgan fingerprint density at radius 3 is 2.68 bits per heavy atom. The first-order valence-electron chi connectivity index (χ1n) is 6.41. The lowest BCUT2D eigenvalue weighted by Gasteiger charge is -2.09. The third kappa shape index (κ3) is 5.99. The van der Waals surface area contributed by atoms with Gasteiger partial charge in [-0.3, -0.25) is 0 Å². The van der Waals surface area contributed by atoms with Gasteiger partial charge in [-0.1, -0.05) is 18.9 Å². The van der Waals surface area contributed by atoms with Crippen LogP contribution in [0.15, 0.2) is 18.2 Å². The Bertz CT molecular complexity index is 406. The molecular formula is C14H21NO4. The van der Waals surface area contributed by atoms with Crippen LogP contribution < -0.4 is 10.5 Å². The molecule has 0 spiro atoms. The minimum Gasteiger partial charge on any atom is -0.496 e. The number of carbonyl (C=O) groups is 1. The fourth-order valence-corrected chi connectivity index (χ4v) is 1.90. The number of hydrogen-bond donors (Lipinski definition) is 2. The number of ether oxygens (including phenoxy) is 2. The molecule has 5 heteroatoms. The van der Waals surface area contributed by atoms with Gasteiger partial charge in [-0.2, -0.15) is 0 Å². The molecule has 0 unspecified atom stereocenters. The summed E-state index contributed by atoms with van der Waals surface area (Å²) < 4.78 is 9.72. The summed E-state index contributed by atoms with van der Waals surface area (Å²) in [6, 6.07) is 5.69. The minimum absolute atomic E-state index is 0.278. The van der Waals surface area contributed by atoms with Crippen molar-refractivity contribution in [1.82, 2.24) is 0 Å². The smallest absolute Gasteiger partial charge is 0.496 e. The van der Waals surface area contributed by atoms with Gasteiger partial charge in [0.25, 0.3) is 0 Å². The molecule has 1 aromatic carbocycles. The maximum atomic E-state index is 10.1. The van der Waals surface area contributed by atoms with Crippen molar-refractivity contribution in [1.29, 1.82) is 0 Å². The van der Waals surface area contributed by atoms with Gasteiger partial charge in [-0.25, -0.2) is 4.79 Å². The van der Waals surface area contributed by atoms with Crippen molar-refractivity contribution in [3.8, 4) is 5.75 Å². The Morgan fingerprint density at radius 2 is 2.00 bits per heavy atom. The molecule has 0 bridgehead atoms. The third-order valence-corrected chi connectivity index (χ3v) is 2.88. The van der Waals surface area contributed by atoms with E-state index in [1.165, 1.54) is 0 Å². The Hall–Kier alpha value is -1.91. The summed E-state index contributed by atoms with van der Waals surface area (Å²) in [6.45, 7) is 0.278. The zero-order valence-corrected chi connectivity index (χ0v) is 11.2. The molecule has 1 rings (SSSR count). The lowest BCUT2D eigenvalue weighted by atomic mass is 10.0. The number of carboxylic acid groups (broad SMARTS) is 1. The van der Waals surface area contributed by atoms with Crippen LogP contribution in [0.5, 0.6) is 5.75 Å². The molecule has 0 aliphatic rings. The van der Waals surface area contributed by atoms with Crippen LogP contribution >= 0.6 is 0 Å². The van der Waals surface area contributed by atoms with Gasteiger partial charge in [0.2, 0.25) is 0 Å². The summed E-state index contributed by atoms with van der Waals surface area (Å²) in [6.07, 6.45) is 3.54. The van der Waals surface area contributed by atoms with E-state index in [0.29, 0.717) is 5.69 Å². The van der Waals surface area contributed by atoms with Gasteiger partial charge in [-0.05, 0) is 30.9 Å². The lowest BCUT2D eigenvalue weighted by Crippen LogP contribution is -2.01. The van der Waals surface area contributed by atoms with Gasteiger partial charge in [0, 0.05) is 11.8 Å². The topological polar surface area (TPSA) is 81.8 Å². The molecule has 3 N–H and O–H groups in total. The normalized spacial score (nSPS) is 10.2. The van der Waals surface area contributed by atoms with Crippen molar-refractivity contribution >= 4 is 11.8 Å². The fourth-order valence-electron chi connectivity index (χ4n) is 1.90. The molecule has 0 heterocycles. The molecule has 0 amide bonds. The molecule has 19 heavy (non-hydrogen) atoms. The summed E-state index contributed by atoms with van der Waals surface area (Å²) in [7, 11) is 1.64. The van der Waals surface area contributed by atoms with Gasteiger partial charge >= 0.3 is 6.16 Å². The summed E-state index contributed by atoms with van der Waals surface area (Å²) in [4.78, 5) is 10.1. The number of benzene rings is 1. The molecule has 106 valence electrons. The van der Waals surface area contributed by atoms with E-state index < -0.39 is 6.16 Å². The molecular weight excluding hydrogens is 246 g/mol. The first kappa shape index (κ1) is 15.1. The highest BCUT2D eigenvalue weighted by molar-refractivity contribution is 5.56. The Morgan fingerprint density at radius 1 is 1.26 bits per heavy atom. The monoisotopic (exact) mass is 267 g/mol. The van der Waals surface area contributed by atoms with Crippen molar-refractivity contribution in [2.24, 2.45) is 0 Å². The molecule has 0 radical (unpaired) electrons. The van der Waals surface area contributed by atoms with Gasteiger partial charge in [0.05, 0.1) is 13.7 Å². The maximum absolute atomic E-state index is 10.1. The molecule has 0 aromatic heterocycles. The van der Waals surface area contributed by atoms with E-state index in [1.807, 2.05) is 18.2 Å². The van der Waals surface area contributed by atoms with E-state index in [1.54, 1.807) is 7.11 Å². The van der Waals surface area contributed by atoms with Crippen LogP contribution in [0, 0.1) is 0 Å². The zero-order chi connectivity index (χ0) is 14.1. The summed E-state index contributed by atoms with van der Waals surface area (Å²) >= 11 is 0. The first-order valence-corrected chi connectivity index (χ1v) is 6.41. The highest BCUT2D eigenvalue weighted by Gasteiger charge is 2.03. The van der Waals surface area contributed by atoms with Crippen LogP contribution in [-0.2, 0) is 11.2 Å². The summed E-state index contributed by atoms with van der Waals surface area (Å²) in [5.41, 5.74) is 7.55. The zero-order valence-electron chi connectivity index (χ0n) is 11.2. The Balaban J connectivity index is 2.20. The molecule has 0 saturated carbocycles. The second-order valence-corrected chi connectivity index (χ2v) is 4.35. The van der Waals surface area contributed by atoms with Crippen LogP contribution in [0.1, 0.15) is 31.2 Å². The van der Waals surface area contributed by atoms with Gasteiger partial charge < -0.3 is 20.3 Å². The molecule has 1 aromatic rings. The van der Waals surface area contributed by atoms with Crippen LogP contribution in [0.2, 0.25) is 0 Å². The van der Waals surface area contributed by atoms with Gasteiger partial charge in [-0.15, -0.1) is 0 Å². The van der Waals surface area contributed by atoms with Crippen molar-refractivity contribution in [3.05, 3.63) is 23.8 Å². The number of anilines is 1. The Labute approximate surface area is 113 Å². The predicted molar refractivity (Wildman–Crippen MR) is 73.6 cm³/mol. The average Bonchev–Trinajstić information content (AvgIpc) is 2.38. The summed E-state index contributed by atoms with van der Waals surface area (Å²) in [5.74, 6) is 0.828. The third-order valence-electron chi connectivity index (χ3n) is 2.88. The molecule has 0 fully saturated rings. The quantitative estimate of drug-likeness (QED) is 0.429. The van der Waals surface area contributed by atoms with Crippen molar-refractivity contribution < 1.29 is 19.4 Å². The van der Waals surface area contributed by atoms with E-state index in [2.05, 4.69) is 4.74 Å². The lowest BCUT2D eigenvalue weighted by molar-refractivity contribution is 0.0900. The predicted octanol–water partition coefficient (Wildman–Crippen LogP) is 3.07.